The summed E-state index contributed by atoms with van der Waals surface area (Å²) in [4.78, 5) is 44.6. The fraction of sp³-hybridized carbons (Fsp3) is 0.421. The monoisotopic (exact) mass is 698 g/mol. The number of hydroxylamine groups is 2. The molecule has 8 rings (SSSR count). The Balaban J connectivity index is 1.13. The van der Waals surface area contributed by atoms with Crippen molar-refractivity contribution in [1.29, 1.82) is 0 Å². The van der Waals surface area contributed by atoms with Gasteiger partial charge in [0.2, 0.25) is 5.69 Å². The molecule has 0 bridgehead atoms. The number of rotatable bonds is 5. The molecule has 11 nitrogen and oxygen atoms in total. The average molecular weight is 699 g/mol. The molecular formula is C38H40N3O8S+. The lowest BCUT2D eigenvalue weighted by molar-refractivity contribution is -0.445. The first-order valence-electron chi connectivity index (χ1n) is 17.3. The van der Waals surface area contributed by atoms with Gasteiger partial charge < -0.3 is 14.5 Å². The number of ether oxygens (including phenoxy) is 1. The highest BCUT2D eigenvalue weighted by Gasteiger charge is 2.53. The fourth-order valence-corrected chi connectivity index (χ4v) is 9.33. The number of anilines is 1. The minimum absolute atomic E-state index is 0.00600. The van der Waals surface area contributed by atoms with E-state index in [0.717, 1.165) is 77.4 Å². The maximum absolute atomic E-state index is 13.1. The number of amides is 2. The van der Waals surface area contributed by atoms with Gasteiger partial charge in [-0.25, -0.2) is 4.79 Å². The van der Waals surface area contributed by atoms with E-state index >= 15 is 0 Å². The first-order chi connectivity index (χ1) is 23.8. The maximum atomic E-state index is 13.1. The van der Waals surface area contributed by atoms with E-state index in [1.54, 1.807) is 18.2 Å². The van der Waals surface area contributed by atoms with Crippen molar-refractivity contribution >= 4 is 45.0 Å². The highest BCUT2D eigenvalue weighted by Crippen LogP contribution is 2.49. The van der Waals surface area contributed by atoms with Crippen LogP contribution in [-0.4, -0.2) is 71.4 Å². The standard InChI is InChI=1S/C38H39N3O8S/c1-5-22-16-26(50(45,46)47)7-9-30(22)39-14-12-23-20-33-25(17-27(23)21(39)2)18-28-32(48-33)13-15-40-31-8-6-24(19-29(31)38(3,4)36(28)40)37(44)49-41-34(42)10-11-35(41)43/h6-9,16-19,23,32-33H,5,10-15,20H2,1-4H3/p+1/t23-,32-,33+/m1/s1. The van der Waals surface area contributed by atoms with Crippen LogP contribution in [0.4, 0.5) is 11.4 Å². The number of imide groups is 1. The maximum Gasteiger partial charge on any atom is 0.363 e. The molecule has 0 aromatic heterocycles. The first-order valence-corrected chi connectivity index (χ1v) is 18.8. The summed E-state index contributed by atoms with van der Waals surface area (Å²) in [5.41, 5.74) is 9.40. The molecule has 0 radical (unpaired) electrons. The number of fused-ring (bicyclic) bond motifs is 6. The predicted molar refractivity (Wildman–Crippen MR) is 184 cm³/mol. The molecule has 5 heterocycles. The van der Waals surface area contributed by atoms with Crippen molar-refractivity contribution < 1.29 is 41.5 Å². The van der Waals surface area contributed by atoms with Crippen LogP contribution in [0.15, 0.2) is 75.9 Å². The van der Waals surface area contributed by atoms with Crippen LogP contribution in [0.5, 0.6) is 0 Å². The summed E-state index contributed by atoms with van der Waals surface area (Å²) >= 11 is 0. The largest absolute Gasteiger partial charge is 0.365 e. The van der Waals surface area contributed by atoms with E-state index in [4.69, 9.17) is 9.57 Å². The third kappa shape index (κ3) is 5.10. The lowest BCUT2D eigenvalue weighted by Gasteiger charge is -2.43. The molecule has 0 saturated carbocycles. The van der Waals surface area contributed by atoms with Crippen LogP contribution in [-0.2, 0) is 41.1 Å². The molecule has 1 saturated heterocycles. The fourth-order valence-electron chi connectivity index (χ4n) is 8.79. The van der Waals surface area contributed by atoms with E-state index in [1.807, 2.05) is 19.1 Å². The number of hydrogen-bond acceptors (Lipinski definition) is 8. The summed E-state index contributed by atoms with van der Waals surface area (Å²) < 4.78 is 42.5. The molecule has 1 N–H and O–H groups in total. The third-order valence-electron chi connectivity index (χ3n) is 11.3. The minimum Gasteiger partial charge on any atom is -0.365 e. The highest BCUT2D eigenvalue weighted by molar-refractivity contribution is 7.85. The molecule has 5 aliphatic heterocycles. The van der Waals surface area contributed by atoms with Crippen LogP contribution in [0.25, 0.3) is 0 Å². The van der Waals surface area contributed by atoms with E-state index in [9.17, 15) is 27.4 Å². The molecule has 3 atom stereocenters. The summed E-state index contributed by atoms with van der Waals surface area (Å²) in [6, 6.07) is 10.3. The van der Waals surface area contributed by atoms with Crippen LogP contribution in [0, 0.1) is 5.92 Å². The first kappa shape index (κ1) is 32.8. The third-order valence-corrected chi connectivity index (χ3v) is 12.2. The van der Waals surface area contributed by atoms with Crippen LogP contribution in [0.2, 0.25) is 0 Å². The molecule has 50 heavy (non-hydrogen) atoms. The number of hydrogen-bond donors (Lipinski definition) is 1. The van der Waals surface area contributed by atoms with Crippen molar-refractivity contribution in [1.82, 2.24) is 5.06 Å². The summed E-state index contributed by atoms with van der Waals surface area (Å²) in [7, 11) is -4.30. The van der Waals surface area contributed by atoms with Crippen molar-refractivity contribution in [2.45, 2.75) is 88.7 Å². The molecule has 0 spiro atoms. The van der Waals surface area contributed by atoms with Crippen LogP contribution < -0.4 is 4.90 Å². The van der Waals surface area contributed by atoms with E-state index in [-0.39, 0.29) is 35.5 Å². The molecule has 260 valence electrons. The topological polar surface area (TPSA) is 134 Å². The van der Waals surface area contributed by atoms with E-state index in [1.165, 1.54) is 11.6 Å². The normalized spacial score (nSPS) is 25.4. The number of benzene rings is 2. The minimum atomic E-state index is -4.30. The molecule has 6 aliphatic rings. The van der Waals surface area contributed by atoms with Crippen molar-refractivity contribution in [3.8, 4) is 0 Å². The molecule has 2 aromatic carbocycles. The van der Waals surface area contributed by atoms with Gasteiger partial charge in [0.1, 0.15) is 0 Å². The lowest BCUT2D eigenvalue weighted by Crippen LogP contribution is -2.46. The Labute approximate surface area is 291 Å². The zero-order chi connectivity index (χ0) is 35.3. The Hall–Kier alpha value is -4.39. The quantitative estimate of drug-likeness (QED) is 0.250. The van der Waals surface area contributed by atoms with Gasteiger partial charge in [0.25, 0.3) is 21.9 Å². The van der Waals surface area contributed by atoms with Gasteiger partial charge in [-0.05, 0) is 99.1 Å². The van der Waals surface area contributed by atoms with Crippen molar-refractivity contribution in [2.75, 3.05) is 18.0 Å². The molecular weight excluding hydrogens is 658 g/mol. The number of nitrogens with zero attached hydrogens (tertiary/aromatic N) is 3. The van der Waals surface area contributed by atoms with E-state index in [2.05, 4.69) is 42.4 Å². The second-order valence-electron chi connectivity index (χ2n) is 14.5. The summed E-state index contributed by atoms with van der Waals surface area (Å²) in [6.07, 6.45) is 7.90. The predicted octanol–water partition coefficient (Wildman–Crippen LogP) is 5.32. The van der Waals surface area contributed by atoms with Crippen molar-refractivity contribution in [3.63, 3.8) is 0 Å². The molecule has 0 unspecified atom stereocenters. The van der Waals surface area contributed by atoms with E-state index in [0.29, 0.717) is 17.4 Å². The van der Waals surface area contributed by atoms with Gasteiger partial charge in [-0.1, -0.05) is 13.0 Å². The van der Waals surface area contributed by atoms with Crippen molar-refractivity contribution in [3.05, 3.63) is 87.7 Å². The molecule has 2 aromatic rings. The Morgan fingerprint density at radius 3 is 2.54 bits per heavy atom. The van der Waals surface area contributed by atoms with Crippen LogP contribution in [0.3, 0.4) is 0 Å². The Morgan fingerprint density at radius 1 is 1.06 bits per heavy atom. The van der Waals surface area contributed by atoms with Gasteiger partial charge in [0, 0.05) is 54.4 Å². The SMILES string of the molecule is CCc1cc(S(=O)(=O)O)ccc1N1CC[C@@H]2C[C@@H]3O[C@@H]4CC[N+]5=C(C4=CC3=CC2=C1C)C(C)(C)c1cc(C(=O)ON2C(=O)CCC2=O)ccc15. The van der Waals surface area contributed by atoms with Crippen molar-refractivity contribution in [2.24, 2.45) is 5.92 Å². The number of aryl methyl sites for hydroxylation is 1. The van der Waals surface area contributed by atoms with Gasteiger partial charge in [0.05, 0.1) is 28.1 Å². The average Bonchev–Trinajstić information content (AvgIpc) is 3.53. The molecule has 12 heteroatoms. The molecule has 1 aliphatic carbocycles. The van der Waals surface area contributed by atoms with Gasteiger partial charge in [-0.2, -0.15) is 13.0 Å². The summed E-state index contributed by atoms with van der Waals surface area (Å²) in [5.74, 6) is -1.42. The van der Waals surface area contributed by atoms with Crippen LogP contribution in [0.1, 0.15) is 81.3 Å². The highest BCUT2D eigenvalue weighted by atomic mass is 32.2. The van der Waals surface area contributed by atoms with Gasteiger partial charge in [0.15, 0.2) is 12.3 Å². The Kier molecular flexibility index (Phi) is 7.59. The summed E-state index contributed by atoms with van der Waals surface area (Å²) in [5, 5.41) is 0.581. The Morgan fingerprint density at radius 2 is 1.82 bits per heavy atom. The number of carbonyl (C=O) groups excluding carboxylic acids is 3. The zero-order valence-electron chi connectivity index (χ0n) is 28.6. The number of carbonyl (C=O) groups is 3. The lowest BCUT2D eigenvalue weighted by atomic mass is 9.73. The Bertz CT molecular complexity index is 2130. The number of allylic oxidation sites excluding steroid dienone is 3. The van der Waals surface area contributed by atoms with Gasteiger partial charge >= 0.3 is 5.97 Å². The molecule has 2 amide bonds. The second-order valence-corrected chi connectivity index (χ2v) is 15.9. The van der Waals surface area contributed by atoms with Gasteiger partial charge in [-0.15, -0.1) is 5.06 Å². The van der Waals surface area contributed by atoms with E-state index < -0.39 is 33.3 Å². The second kappa shape index (κ2) is 11.6. The van der Waals surface area contributed by atoms with Crippen LogP contribution >= 0.6 is 0 Å². The van der Waals surface area contributed by atoms with Gasteiger partial charge in [-0.3, -0.25) is 14.1 Å². The zero-order valence-corrected chi connectivity index (χ0v) is 29.4. The summed E-state index contributed by atoms with van der Waals surface area (Å²) in [6.45, 7) is 9.98. The molecule has 1 fully saturated rings. The smallest absolute Gasteiger partial charge is 0.363 e.